The number of hydrogen-bond donors (Lipinski definition) is 1. The first-order chi connectivity index (χ1) is 5.31. The van der Waals surface area contributed by atoms with E-state index in [9.17, 15) is 9.59 Å². The minimum absolute atomic E-state index is 0.194. The third kappa shape index (κ3) is 7.59. The average Bonchev–Trinajstić information content (AvgIpc) is 2.04. The maximum atomic E-state index is 10.7. The van der Waals surface area contributed by atoms with Crippen LogP contribution in [-0.2, 0) is 9.59 Å². The molecule has 0 aliphatic heterocycles. The maximum absolute atomic E-state index is 10.7. The molecule has 0 radical (unpaired) electrons. The van der Waals surface area contributed by atoms with Gasteiger partial charge in [-0.3, -0.25) is 4.79 Å². The molecule has 11 heavy (non-hydrogen) atoms. The summed E-state index contributed by atoms with van der Waals surface area (Å²) < 4.78 is 0. The number of unbranched alkanes of at least 4 members (excludes halogenated alkanes) is 3. The van der Waals surface area contributed by atoms with E-state index in [1.165, 1.54) is 0 Å². The van der Waals surface area contributed by atoms with Crippen molar-refractivity contribution in [2.75, 3.05) is 5.75 Å². The van der Waals surface area contributed by atoms with Gasteiger partial charge in [-0.25, -0.2) is 0 Å². The molecule has 0 aromatic rings. The van der Waals surface area contributed by atoms with Gasteiger partial charge in [0.25, 0.3) is 0 Å². The minimum Gasteiger partial charge on any atom is -0.303 e. The fraction of sp³-hybridized carbons (Fsp3) is 0.750. The number of carbonyl (C=O) groups excluding carboxylic acids is 2. The topological polar surface area (TPSA) is 34.1 Å². The SMILES string of the molecule is O=CCCCCCC(=O)CS. The largest absolute Gasteiger partial charge is 0.303 e. The number of ketones is 1. The van der Waals surface area contributed by atoms with Gasteiger partial charge in [0.05, 0.1) is 0 Å². The number of Topliss-reactive ketones (excluding diaryl/α,β-unsaturated/α-hetero) is 1. The molecule has 0 aliphatic rings. The number of aldehydes is 1. The van der Waals surface area contributed by atoms with E-state index in [4.69, 9.17) is 0 Å². The Hall–Kier alpha value is -0.310. The molecule has 0 saturated carbocycles. The molecule has 2 nitrogen and oxygen atoms in total. The Morgan fingerprint density at radius 1 is 1.27 bits per heavy atom. The second-order valence-electron chi connectivity index (χ2n) is 2.46. The molecule has 0 amide bonds. The second kappa shape index (κ2) is 7.79. The van der Waals surface area contributed by atoms with Gasteiger partial charge in [0.15, 0.2) is 0 Å². The maximum Gasteiger partial charge on any atom is 0.142 e. The van der Waals surface area contributed by atoms with Gasteiger partial charge >= 0.3 is 0 Å². The Bertz CT molecular complexity index is 123. The Balaban J connectivity index is 3.01. The number of thiol groups is 1. The van der Waals surface area contributed by atoms with Gasteiger partial charge in [0.1, 0.15) is 12.1 Å². The van der Waals surface area contributed by atoms with Crippen LogP contribution in [0.2, 0.25) is 0 Å². The molecule has 0 saturated heterocycles. The second-order valence-corrected chi connectivity index (χ2v) is 2.78. The van der Waals surface area contributed by atoms with E-state index >= 15 is 0 Å². The Labute approximate surface area is 72.8 Å². The van der Waals surface area contributed by atoms with Crippen LogP contribution in [0.5, 0.6) is 0 Å². The van der Waals surface area contributed by atoms with Crippen molar-refractivity contribution in [3.63, 3.8) is 0 Å². The zero-order chi connectivity index (χ0) is 8.53. The molecule has 0 atom stereocenters. The first-order valence-electron chi connectivity index (χ1n) is 3.87. The molecule has 0 unspecified atom stereocenters. The molecule has 0 fully saturated rings. The zero-order valence-corrected chi connectivity index (χ0v) is 7.48. The minimum atomic E-state index is 0.194. The number of hydrogen-bond acceptors (Lipinski definition) is 3. The average molecular weight is 174 g/mol. The highest BCUT2D eigenvalue weighted by atomic mass is 32.1. The van der Waals surface area contributed by atoms with E-state index in [1.807, 2.05) is 0 Å². The Morgan fingerprint density at radius 3 is 2.55 bits per heavy atom. The van der Waals surface area contributed by atoms with Crippen molar-refractivity contribution in [3.8, 4) is 0 Å². The summed E-state index contributed by atoms with van der Waals surface area (Å²) >= 11 is 3.85. The first-order valence-corrected chi connectivity index (χ1v) is 4.50. The van der Waals surface area contributed by atoms with Gasteiger partial charge in [0, 0.05) is 18.6 Å². The molecule has 0 bridgehead atoms. The van der Waals surface area contributed by atoms with Crippen molar-refractivity contribution in [2.24, 2.45) is 0 Å². The highest BCUT2D eigenvalue weighted by Crippen LogP contribution is 2.02. The third-order valence-electron chi connectivity index (χ3n) is 1.45. The van der Waals surface area contributed by atoms with Crippen molar-refractivity contribution >= 4 is 24.7 Å². The molecule has 64 valence electrons. The number of carbonyl (C=O) groups is 2. The lowest BCUT2D eigenvalue weighted by molar-refractivity contribution is -0.116. The summed E-state index contributed by atoms with van der Waals surface area (Å²) in [5, 5.41) is 0. The predicted molar refractivity (Wildman–Crippen MR) is 48.0 cm³/mol. The molecule has 0 heterocycles. The molecule has 0 rings (SSSR count). The van der Waals surface area contributed by atoms with Crippen molar-refractivity contribution in [1.82, 2.24) is 0 Å². The van der Waals surface area contributed by atoms with Crippen molar-refractivity contribution in [2.45, 2.75) is 32.1 Å². The van der Waals surface area contributed by atoms with Crippen LogP contribution in [0.25, 0.3) is 0 Å². The fourth-order valence-corrected chi connectivity index (χ4v) is 0.964. The summed E-state index contributed by atoms with van der Waals surface area (Å²) in [7, 11) is 0. The monoisotopic (exact) mass is 174 g/mol. The molecule has 0 spiro atoms. The lowest BCUT2D eigenvalue weighted by Gasteiger charge is -1.95. The molecular weight excluding hydrogens is 160 g/mol. The summed E-state index contributed by atoms with van der Waals surface area (Å²) in [5.41, 5.74) is 0. The lowest BCUT2D eigenvalue weighted by Crippen LogP contribution is -1.98. The van der Waals surface area contributed by atoms with Crippen LogP contribution in [0.3, 0.4) is 0 Å². The van der Waals surface area contributed by atoms with E-state index in [-0.39, 0.29) is 5.78 Å². The van der Waals surface area contributed by atoms with Gasteiger partial charge < -0.3 is 4.79 Å². The lowest BCUT2D eigenvalue weighted by atomic mass is 10.1. The van der Waals surface area contributed by atoms with E-state index in [0.29, 0.717) is 18.6 Å². The van der Waals surface area contributed by atoms with Crippen LogP contribution in [0.15, 0.2) is 0 Å². The smallest absolute Gasteiger partial charge is 0.142 e. The van der Waals surface area contributed by atoms with Gasteiger partial charge in [0.2, 0.25) is 0 Å². The summed E-state index contributed by atoms with van der Waals surface area (Å²) in [5.74, 6) is 0.535. The summed E-state index contributed by atoms with van der Waals surface area (Å²) in [6, 6.07) is 0. The van der Waals surface area contributed by atoms with Crippen molar-refractivity contribution in [1.29, 1.82) is 0 Å². The van der Waals surface area contributed by atoms with Crippen molar-refractivity contribution < 1.29 is 9.59 Å². The third-order valence-corrected chi connectivity index (χ3v) is 1.81. The molecular formula is C8H14O2S. The van der Waals surface area contributed by atoms with E-state index in [0.717, 1.165) is 25.5 Å². The van der Waals surface area contributed by atoms with Gasteiger partial charge in [-0.1, -0.05) is 6.42 Å². The standard InChI is InChI=1S/C8H14O2S/c9-6-4-2-1-3-5-8(10)7-11/h6,11H,1-5,7H2. The summed E-state index contributed by atoms with van der Waals surface area (Å²) in [4.78, 5) is 20.6. The van der Waals surface area contributed by atoms with Gasteiger partial charge in [-0.2, -0.15) is 12.6 Å². The van der Waals surface area contributed by atoms with E-state index in [2.05, 4.69) is 12.6 Å². The Kier molecular flexibility index (Phi) is 7.57. The van der Waals surface area contributed by atoms with Crippen molar-refractivity contribution in [3.05, 3.63) is 0 Å². The highest BCUT2D eigenvalue weighted by molar-refractivity contribution is 7.81. The first kappa shape index (κ1) is 10.7. The summed E-state index contributed by atoms with van der Waals surface area (Å²) in [6.07, 6.45) is 4.92. The molecule has 0 aromatic heterocycles. The van der Waals surface area contributed by atoms with Crippen LogP contribution in [-0.4, -0.2) is 17.8 Å². The van der Waals surface area contributed by atoms with Gasteiger partial charge in [-0.05, 0) is 12.8 Å². The van der Waals surface area contributed by atoms with E-state index < -0.39 is 0 Å². The highest BCUT2D eigenvalue weighted by Gasteiger charge is 1.97. The van der Waals surface area contributed by atoms with Crippen LogP contribution in [0.4, 0.5) is 0 Å². The predicted octanol–water partition coefficient (Wildman–Crippen LogP) is 1.63. The van der Waals surface area contributed by atoms with Crippen LogP contribution in [0, 0.1) is 0 Å². The molecule has 0 N–H and O–H groups in total. The summed E-state index contributed by atoms with van der Waals surface area (Å²) in [6.45, 7) is 0. The van der Waals surface area contributed by atoms with Crippen LogP contribution in [0.1, 0.15) is 32.1 Å². The molecule has 0 aromatic carbocycles. The molecule has 0 aliphatic carbocycles. The zero-order valence-electron chi connectivity index (χ0n) is 6.58. The van der Waals surface area contributed by atoms with Gasteiger partial charge in [-0.15, -0.1) is 0 Å². The quantitative estimate of drug-likeness (QED) is 0.361. The Morgan fingerprint density at radius 2 is 2.00 bits per heavy atom. The van der Waals surface area contributed by atoms with Crippen LogP contribution >= 0.6 is 12.6 Å². The van der Waals surface area contributed by atoms with E-state index in [1.54, 1.807) is 0 Å². The fourth-order valence-electron chi connectivity index (χ4n) is 0.806. The molecule has 3 heteroatoms. The normalized spacial score (nSPS) is 9.55. The van der Waals surface area contributed by atoms with Crippen LogP contribution < -0.4 is 0 Å². The number of rotatable bonds is 7.